The van der Waals surface area contributed by atoms with E-state index >= 15 is 0 Å². The van der Waals surface area contributed by atoms with Crippen LogP contribution in [0.2, 0.25) is 0 Å². The normalized spacial score (nSPS) is 16.4. The lowest BCUT2D eigenvalue weighted by molar-refractivity contribution is 0.0459. The second-order valence-electron chi connectivity index (χ2n) is 5.59. The van der Waals surface area contributed by atoms with Crippen molar-refractivity contribution in [3.05, 3.63) is 29.6 Å². The van der Waals surface area contributed by atoms with E-state index in [4.69, 9.17) is 4.74 Å². The molecule has 0 aromatic heterocycles. The second kappa shape index (κ2) is 8.35. The molecule has 0 amide bonds. The molecule has 1 aromatic rings. The summed E-state index contributed by atoms with van der Waals surface area (Å²) in [4.78, 5) is 2.36. The molecule has 0 saturated carbocycles. The van der Waals surface area contributed by atoms with Crippen LogP contribution in [0.1, 0.15) is 38.7 Å². The Morgan fingerprint density at radius 1 is 1.29 bits per heavy atom. The number of piperidine rings is 1. The van der Waals surface area contributed by atoms with E-state index in [2.05, 4.69) is 17.1 Å². The first-order chi connectivity index (χ1) is 10.2. The fraction of sp³-hybridized carbons (Fsp3) is 0.647. The number of anilines is 1. The topological polar surface area (TPSA) is 24.5 Å². The third kappa shape index (κ3) is 4.68. The zero-order chi connectivity index (χ0) is 15.1. The van der Waals surface area contributed by atoms with Gasteiger partial charge in [-0.25, -0.2) is 4.39 Å². The van der Waals surface area contributed by atoms with Crippen molar-refractivity contribution in [2.45, 2.75) is 45.8 Å². The van der Waals surface area contributed by atoms with Crippen molar-refractivity contribution < 1.29 is 9.13 Å². The molecule has 1 aliphatic rings. The number of hydrogen-bond donors (Lipinski definition) is 1. The molecule has 1 aliphatic heterocycles. The summed E-state index contributed by atoms with van der Waals surface area (Å²) >= 11 is 0. The molecule has 0 radical (unpaired) electrons. The smallest absolute Gasteiger partial charge is 0.123 e. The summed E-state index contributed by atoms with van der Waals surface area (Å²) in [6.07, 6.45) is 3.57. The summed E-state index contributed by atoms with van der Waals surface area (Å²) in [5.41, 5.74) is 2.22. The average Bonchev–Trinajstić information content (AvgIpc) is 2.49. The van der Waals surface area contributed by atoms with Crippen molar-refractivity contribution in [1.29, 1.82) is 0 Å². The van der Waals surface area contributed by atoms with Crippen LogP contribution in [0.15, 0.2) is 18.2 Å². The molecular weight excluding hydrogens is 267 g/mol. The summed E-state index contributed by atoms with van der Waals surface area (Å²) in [7, 11) is 0. The molecule has 3 nitrogen and oxygen atoms in total. The number of rotatable bonds is 7. The molecule has 1 N–H and O–H groups in total. The SMILES string of the molecule is CCCNCc1cc(F)ccc1N1CCC(OCC)CC1. The first-order valence-electron chi connectivity index (χ1n) is 8.10. The van der Waals surface area contributed by atoms with E-state index < -0.39 is 0 Å². The summed E-state index contributed by atoms with van der Waals surface area (Å²) < 4.78 is 19.2. The molecule has 0 aliphatic carbocycles. The highest BCUT2D eigenvalue weighted by atomic mass is 19.1. The summed E-state index contributed by atoms with van der Waals surface area (Å²) in [6, 6.07) is 5.14. The van der Waals surface area contributed by atoms with Crippen LogP contribution in [0.3, 0.4) is 0 Å². The highest BCUT2D eigenvalue weighted by Crippen LogP contribution is 2.26. The lowest BCUT2D eigenvalue weighted by Crippen LogP contribution is -2.37. The summed E-state index contributed by atoms with van der Waals surface area (Å²) in [6.45, 7) is 8.62. The van der Waals surface area contributed by atoms with Crippen molar-refractivity contribution in [3.8, 4) is 0 Å². The molecule has 1 saturated heterocycles. The quantitative estimate of drug-likeness (QED) is 0.781. The molecule has 21 heavy (non-hydrogen) atoms. The Morgan fingerprint density at radius 3 is 2.71 bits per heavy atom. The molecule has 0 atom stereocenters. The van der Waals surface area contributed by atoms with Crippen LogP contribution < -0.4 is 10.2 Å². The first kappa shape index (κ1) is 16.2. The Hall–Kier alpha value is -1.13. The molecule has 2 rings (SSSR count). The third-order valence-corrected chi connectivity index (χ3v) is 3.97. The van der Waals surface area contributed by atoms with Gasteiger partial charge < -0.3 is 15.0 Å². The van der Waals surface area contributed by atoms with Crippen molar-refractivity contribution in [1.82, 2.24) is 5.32 Å². The average molecular weight is 294 g/mol. The van der Waals surface area contributed by atoms with Gasteiger partial charge in [-0.15, -0.1) is 0 Å². The van der Waals surface area contributed by atoms with Crippen LogP contribution in [0.4, 0.5) is 10.1 Å². The largest absolute Gasteiger partial charge is 0.378 e. The lowest BCUT2D eigenvalue weighted by Gasteiger charge is -2.34. The van der Waals surface area contributed by atoms with E-state index in [1.54, 1.807) is 12.1 Å². The van der Waals surface area contributed by atoms with Gasteiger partial charge in [-0.3, -0.25) is 0 Å². The fourth-order valence-corrected chi connectivity index (χ4v) is 2.90. The zero-order valence-electron chi connectivity index (χ0n) is 13.2. The maximum Gasteiger partial charge on any atom is 0.123 e. The highest BCUT2D eigenvalue weighted by Gasteiger charge is 2.21. The Kier molecular flexibility index (Phi) is 6.46. The minimum absolute atomic E-state index is 0.156. The highest BCUT2D eigenvalue weighted by molar-refractivity contribution is 5.54. The number of nitrogens with zero attached hydrogens (tertiary/aromatic N) is 1. The van der Waals surface area contributed by atoms with Crippen LogP contribution in [-0.2, 0) is 11.3 Å². The van der Waals surface area contributed by atoms with Crippen molar-refractivity contribution in [2.75, 3.05) is 31.1 Å². The minimum atomic E-state index is -0.156. The van der Waals surface area contributed by atoms with E-state index in [0.717, 1.165) is 63.3 Å². The molecule has 1 aromatic carbocycles. The van der Waals surface area contributed by atoms with E-state index in [1.165, 1.54) is 0 Å². The predicted octanol–water partition coefficient (Wildman–Crippen LogP) is 3.33. The molecule has 0 bridgehead atoms. The van der Waals surface area contributed by atoms with Crippen LogP contribution >= 0.6 is 0 Å². The fourth-order valence-electron chi connectivity index (χ4n) is 2.90. The van der Waals surface area contributed by atoms with Gasteiger partial charge >= 0.3 is 0 Å². The molecule has 4 heteroatoms. The standard InChI is InChI=1S/C17H27FN2O/c1-3-9-19-13-14-12-15(18)5-6-17(14)20-10-7-16(8-11-20)21-4-2/h5-6,12,16,19H,3-4,7-11,13H2,1-2H3. The molecule has 0 spiro atoms. The molecule has 1 heterocycles. The predicted molar refractivity (Wildman–Crippen MR) is 85.3 cm³/mol. The van der Waals surface area contributed by atoms with E-state index in [0.29, 0.717) is 6.10 Å². The summed E-state index contributed by atoms with van der Waals surface area (Å²) in [5, 5.41) is 3.37. The summed E-state index contributed by atoms with van der Waals surface area (Å²) in [5.74, 6) is -0.156. The van der Waals surface area contributed by atoms with E-state index in [-0.39, 0.29) is 5.82 Å². The van der Waals surface area contributed by atoms with Crippen molar-refractivity contribution in [3.63, 3.8) is 0 Å². The van der Waals surface area contributed by atoms with Crippen molar-refractivity contribution in [2.24, 2.45) is 0 Å². The molecular formula is C17H27FN2O. The van der Waals surface area contributed by atoms with Crippen LogP contribution in [0.25, 0.3) is 0 Å². The van der Waals surface area contributed by atoms with Crippen LogP contribution in [0, 0.1) is 5.82 Å². The van der Waals surface area contributed by atoms with Gasteiger partial charge in [-0.1, -0.05) is 6.92 Å². The van der Waals surface area contributed by atoms with Gasteiger partial charge in [0.2, 0.25) is 0 Å². The van der Waals surface area contributed by atoms with Gasteiger partial charge in [0.15, 0.2) is 0 Å². The molecule has 118 valence electrons. The van der Waals surface area contributed by atoms with Gasteiger partial charge in [0.1, 0.15) is 5.82 Å². The number of halogens is 1. The first-order valence-corrected chi connectivity index (χ1v) is 8.10. The number of benzene rings is 1. The van der Waals surface area contributed by atoms with Crippen molar-refractivity contribution >= 4 is 5.69 Å². The lowest BCUT2D eigenvalue weighted by atomic mass is 10.0. The maximum atomic E-state index is 13.5. The van der Waals surface area contributed by atoms with Gasteiger partial charge in [-0.2, -0.15) is 0 Å². The third-order valence-electron chi connectivity index (χ3n) is 3.97. The molecule has 1 fully saturated rings. The van der Waals surface area contributed by atoms with Crippen LogP contribution in [0.5, 0.6) is 0 Å². The van der Waals surface area contributed by atoms with Gasteiger partial charge in [0.25, 0.3) is 0 Å². The van der Waals surface area contributed by atoms with E-state index in [1.807, 2.05) is 13.0 Å². The van der Waals surface area contributed by atoms with E-state index in [9.17, 15) is 4.39 Å². The monoisotopic (exact) mass is 294 g/mol. The Bertz CT molecular complexity index is 431. The Balaban J connectivity index is 2.01. The number of nitrogens with one attached hydrogen (secondary N) is 1. The Morgan fingerprint density at radius 2 is 2.05 bits per heavy atom. The minimum Gasteiger partial charge on any atom is -0.378 e. The Labute approximate surface area is 127 Å². The maximum absolute atomic E-state index is 13.5. The van der Waals surface area contributed by atoms with Gasteiger partial charge in [0.05, 0.1) is 6.10 Å². The number of ether oxygens (including phenoxy) is 1. The number of hydrogen-bond acceptors (Lipinski definition) is 3. The molecule has 0 unspecified atom stereocenters. The second-order valence-corrected chi connectivity index (χ2v) is 5.59. The van der Waals surface area contributed by atoms with Gasteiger partial charge in [-0.05, 0) is 56.5 Å². The van der Waals surface area contributed by atoms with Crippen LogP contribution in [-0.4, -0.2) is 32.3 Å². The van der Waals surface area contributed by atoms with Gasteiger partial charge in [0, 0.05) is 31.9 Å². The zero-order valence-corrected chi connectivity index (χ0v) is 13.2.